The summed E-state index contributed by atoms with van der Waals surface area (Å²) in [6, 6.07) is 6.63. The summed E-state index contributed by atoms with van der Waals surface area (Å²) in [4.78, 5) is 35.3. The van der Waals surface area contributed by atoms with E-state index in [9.17, 15) is 14.4 Å². The smallest absolute Gasteiger partial charge is 0.408 e. The van der Waals surface area contributed by atoms with Crippen molar-refractivity contribution in [3.8, 4) is 5.75 Å². The predicted molar refractivity (Wildman–Crippen MR) is 103 cm³/mol. The largest absolute Gasteiger partial charge is 0.482 e. The molecule has 1 aliphatic rings. The van der Waals surface area contributed by atoms with Gasteiger partial charge in [-0.1, -0.05) is 6.07 Å². The number of anilines is 1. The maximum absolute atomic E-state index is 12.0. The molecule has 0 unspecified atom stereocenters. The zero-order valence-corrected chi connectivity index (χ0v) is 16.6. The van der Waals surface area contributed by atoms with Gasteiger partial charge in [0.2, 0.25) is 5.91 Å². The van der Waals surface area contributed by atoms with E-state index < -0.39 is 23.6 Å². The van der Waals surface area contributed by atoms with Crippen molar-refractivity contribution in [3.63, 3.8) is 0 Å². The number of hydrogen-bond acceptors (Lipinski definition) is 6. The SMILES string of the molecule is CC(C)(C)OC(=O)NCC(=O)Nc1cccc(OCC(=O)OC2CCCC2)c1. The van der Waals surface area contributed by atoms with Crippen LogP contribution < -0.4 is 15.4 Å². The summed E-state index contributed by atoms with van der Waals surface area (Å²) in [5.41, 5.74) is -0.150. The Morgan fingerprint density at radius 3 is 2.54 bits per heavy atom. The van der Waals surface area contributed by atoms with Crippen LogP contribution in [0.1, 0.15) is 46.5 Å². The van der Waals surface area contributed by atoms with Crippen LogP contribution >= 0.6 is 0 Å². The molecule has 8 heteroatoms. The topological polar surface area (TPSA) is 103 Å². The van der Waals surface area contributed by atoms with E-state index in [-0.39, 0.29) is 19.3 Å². The van der Waals surface area contributed by atoms with Crippen molar-refractivity contribution in [1.29, 1.82) is 0 Å². The fourth-order valence-electron chi connectivity index (χ4n) is 2.70. The average Bonchev–Trinajstić information content (AvgIpc) is 3.10. The molecule has 0 aliphatic heterocycles. The van der Waals surface area contributed by atoms with Gasteiger partial charge in [-0.2, -0.15) is 0 Å². The van der Waals surface area contributed by atoms with E-state index >= 15 is 0 Å². The Morgan fingerprint density at radius 2 is 1.86 bits per heavy atom. The van der Waals surface area contributed by atoms with Crippen molar-refractivity contribution in [2.24, 2.45) is 0 Å². The molecule has 0 bridgehead atoms. The molecule has 154 valence electrons. The average molecular weight is 392 g/mol. The minimum Gasteiger partial charge on any atom is -0.482 e. The van der Waals surface area contributed by atoms with E-state index in [1.54, 1.807) is 45.0 Å². The summed E-state index contributed by atoms with van der Waals surface area (Å²) in [5.74, 6) is -0.382. The van der Waals surface area contributed by atoms with Crippen molar-refractivity contribution in [3.05, 3.63) is 24.3 Å². The summed E-state index contributed by atoms with van der Waals surface area (Å²) >= 11 is 0. The fourth-order valence-corrected chi connectivity index (χ4v) is 2.70. The number of nitrogens with one attached hydrogen (secondary N) is 2. The molecule has 1 fully saturated rings. The number of hydrogen-bond donors (Lipinski definition) is 2. The molecular weight excluding hydrogens is 364 g/mol. The summed E-state index contributed by atoms with van der Waals surface area (Å²) in [6.45, 7) is 4.80. The number of amides is 2. The van der Waals surface area contributed by atoms with Crippen LogP contribution in [0.25, 0.3) is 0 Å². The van der Waals surface area contributed by atoms with Crippen LogP contribution in [0.15, 0.2) is 24.3 Å². The molecule has 0 saturated heterocycles. The first-order valence-electron chi connectivity index (χ1n) is 9.40. The van der Waals surface area contributed by atoms with Gasteiger partial charge in [0, 0.05) is 11.8 Å². The number of benzene rings is 1. The Morgan fingerprint density at radius 1 is 1.14 bits per heavy atom. The highest BCUT2D eigenvalue weighted by Crippen LogP contribution is 2.21. The summed E-state index contributed by atoms with van der Waals surface area (Å²) in [6.07, 6.45) is 3.32. The van der Waals surface area contributed by atoms with Gasteiger partial charge in [-0.3, -0.25) is 4.79 Å². The summed E-state index contributed by atoms with van der Waals surface area (Å²) in [7, 11) is 0. The quantitative estimate of drug-likeness (QED) is 0.692. The summed E-state index contributed by atoms with van der Waals surface area (Å²) < 4.78 is 15.8. The number of alkyl carbamates (subject to hydrolysis) is 1. The molecule has 0 atom stereocenters. The molecule has 1 aromatic carbocycles. The molecule has 1 aliphatic carbocycles. The molecular formula is C20H28N2O6. The molecule has 28 heavy (non-hydrogen) atoms. The first-order valence-corrected chi connectivity index (χ1v) is 9.40. The van der Waals surface area contributed by atoms with Crippen molar-refractivity contribution in [1.82, 2.24) is 5.32 Å². The molecule has 1 saturated carbocycles. The Labute approximate surface area is 164 Å². The van der Waals surface area contributed by atoms with Crippen molar-refractivity contribution in [2.45, 2.75) is 58.2 Å². The minimum absolute atomic E-state index is 0.000745. The van der Waals surface area contributed by atoms with E-state index in [0.29, 0.717) is 11.4 Å². The van der Waals surface area contributed by atoms with E-state index in [4.69, 9.17) is 14.2 Å². The molecule has 2 rings (SSSR count). The van der Waals surface area contributed by atoms with Gasteiger partial charge < -0.3 is 24.8 Å². The minimum atomic E-state index is -0.666. The number of carbonyl (C=O) groups is 3. The number of carbonyl (C=O) groups excluding carboxylic acids is 3. The Hall–Kier alpha value is -2.77. The highest BCUT2D eigenvalue weighted by molar-refractivity contribution is 5.94. The van der Waals surface area contributed by atoms with Crippen LogP contribution in [0, 0.1) is 0 Å². The zero-order valence-electron chi connectivity index (χ0n) is 16.6. The van der Waals surface area contributed by atoms with Gasteiger partial charge >= 0.3 is 12.1 Å². The molecule has 0 spiro atoms. The maximum Gasteiger partial charge on any atom is 0.408 e. The second kappa shape index (κ2) is 9.96. The second-order valence-electron chi connectivity index (χ2n) is 7.62. The summed E-state index contributed by atoms with van der Waals surface area (Å²) in [5, 5.41) is 5.02. The van der Waals surface area contributed by atoms with Crippen LogP contribution in [-0.4, -0.2) is 42.8 Å². The lowest BCUT2D eigenvalue weighted by molar-refractivity contribution is -0.151. The normalized spacial score (nSPS) is 14.2. The second-order valence-corrected chi connectivity index (χ2v) is 7.62. The van der Waals surface area contributed by atoms with Gasteiger partial charge in [0.25, 0.3) is 0 Å². The third-order valence-electron chi connectivity index (χ3n) is 3.87. The van der Waals surface area contributed by atoms with Crippen LogP contribution in [0.2, 0.25) is 0 Å². The number of rotatable bonds is 7. The predicted octanol–water partition coefficient (Wildman–Crippen LogP) is 3.01. The third-order valence-corrected chi connectivity index (χ3v) is 3.87. The Balaban J connectivity index is 1.74. The first-order chi connectivity index (χ1) is 13.2. The van der Waals surface area contributed by atoms with Crippen LogP contribution in [0.3, 0.4) is 0 Å². The van der Waals surface area contributed by atoms with E-state index in [1.807, 2.05) is 0 Å². The molecule has 0 aromatic heterocycles. The van der Waals surface area contributed by atoms with Gasteiger partial charge in [-0.25, -0.2) is 9.59 Å². The molecule has 1 aromatic rings. The number of ether oxygens (including phenoxy) is 3. The lowest BCUT2D eigenvalue weighted by atomic mass is 10.2. The molecule has 8 nitrogen and oxygen atoms in total. The lowest BCUT2D eigenvalue weighted by Crippen LogP contribution is -2.37. The number of esters is 1. The molecule has 2 N–H and O–H groups in total. The highest BCUT2D eigenvalue weighted by Gasteiger charge is 2.19. The van der Waals surface area contributed by atoms with Gasteiger partial charge in [0.1, 0.15) is 24.0 Å². The van der Waals surface area contributed by atoms with Gasteiger partial charge in [0.05, 0.1) is 0 Å². The molecule has 2 amide bonds. The zero-order chi connectivity index (χ0) is 20.6. The third kappa shape index (κ3) is 8.28. The monoisotopic (exact) mass is 392 g/mol. The van der Waals surface area contributed by atoms with Crippen LogP contribution in [0.4, 0.5) is 10.5 Å². The van der Waals surface area contributed by atoms with Crippen LogP contribution in [0.5, 0.6) is 5.75 Å². The maximum atomic E-state index is 12.0. The van der Waals surface area contributed by atoms with E-state index in [1.165, 1.54) is 0 Å². The van der Waals surface area contributed by atoms with Crippen molar-refractivity contribution >= 4 is 23.7 Å². The first kappa shape index (κ1) is 21.5. The Bertz CT molecular complexity index is 692. The molecule has 0 heterocycles. The Kier molecular flexibility index (Phi) is 7.66. The van der Waals surface area contributed by atoms with Gasteiger partial charge in [0.15, 0.2) is 6.61 Å². The van der Waals surface area contributed by atoms with Crippen LogP contribution in [-0.2, 0) is 19.1 Å². The molecule has 0 radical (unpaired) electrons. The van der Waals surface area contributed by atoms with E-state index in [2.05, 4.69) is 10.6 Å². The fraction of sp³-hybridized carbons (Fsp3) is 0.550. The van der Waals surface area contributed by atoms with Crippen molar-refractivity contribution < 1.29 is 28.6 Å². The standard InChI is InChI=1S/C20H28N2O6/c1-20(2,3)28-19(25)21-12-17(23)22-14-7-6-10-16(11-14)26-13-18(24)27-15-8-4-5-9-15/h6-7,10-11,15H,4-5,8-9,12-13H2,1-3H3,(H,21,25)(H,22,23). The van der Waals surface area contributed by atoms with Gasteiger partial charge in [-0.05, 0) is 58.6 Å². The lowest BCUT2D eigenvalue weighted by Gasteiger charge is -2.19. The van der Waals surface area contributed by atoms with Crippen molar-refractivity contribution in [2.75, 3.05) is 18.5 Å². The van der Waals surface area contributed by atoms with Gasteiger partial charge in [-0.15, -0.1) is 0 Å². The van der Waals surface area contributed by atoms with E-state index in [0.717, 1.165) is 25.7 Å². The highest BCUT2D eigenvalue weighted by atomic mass is 16.6.